The fourth-order valence-electron chi connectivity index (χ4n) is 5.26. The summed E-state index contributed by atoms with van der Waals surface area (Å²) in [6.45, 7) is 2.71. The molecule has 0 spiro atoms. The molecule has 4 heterocycles. The van der Waals surface area contributed by atoms with Crippen molar-refractivity contribution in [2.75, 3.05) is 31.7 Å². The summed E-state index contributed by atoms with van der Waals surface area (Å²) in [6.07, 6.45) is 4.51. The Morgan fingerprint density at radius 2 is 2.06 bits per heavy atom. The lowest BCUT2D eigenvalue weighted by Gasteiger charge is -2.29. The van der Waals surface area contributed by atoms with E-state index in [2.05, 4.69) is 10.3 Å². The number of ether oxygens (including phenoxy) is 1. The first kappa shape index (κ1) is 21.6. The number of aryl methyl sites for hydroxylation is 1. The van der Waals surface area contributed by atoms with Crippen LogP contribution in [0.4, 0.5) is 5.95 Å². The first-order valence-corrected chi connectivity index (χ1v) is 12.1. The summed E-state index contributed by atoms with van der Waals surface area (Å²) in [5.41, 5.74) is 3.06. The smallest absolute Gasteiger partial charge is 0.271 e. The van der Waals surface area contributed by atoms with Gasteiger partial charge in [-0.3, -0.25) is 4.79 Å². The van der Waals surface area contributed by atoms with Gasteiger partial charge in [-0.1, -0.05) is 23.7 Å². The minimum Gasteiger partial charge on any atom is -0.394 e. The second-order valence-electron chi connectivity index (χ2n) is 9.21. The summed E-state index contributed by atoms with van der Waals surface area (Å²) in [6, 6.07) is 11.0. The van der Waals surface area contributed by atoms with Gasteiger partial charge in [-0.25, -0.2) is 9.97 Å². The minimum absolute atomic E-state index is 0.110. The molecule has 0 bridgehead atoms. The Hall–Kier alpha value is -2.94. The van der Waals surface area contributed by atoms with E-state index in [1.807, 2.05) is 35.0 Å². The Balaban J connectivity index is 1.25. The molecule has 0 radical (unpaired) electrons. The van der Waals surface area contributed by atoms with Crippen LogP contribution in [0.25, 0.3) is 11.3 Å². The Bertz CT molecular complexity index is 1220. The zero-order valence-electron chi connectivity index (χ0n) is 18.6. The molecule has 9 heteroatoms. The summed E-state index contributed by atoms with van der Waals surface area (Å²) in [7, 11) is 0. The van der Waals surface area contributed by atoms with E-state index < -0.39 is 6.04 Å². The van der Waals surface area contributed by atoms with Crippen LogP contribution in [0.2, 0.25) is 5.02 Å². The number of carbonyl (C=O) groups excluding carboxylic acids is 1. The van der Waals surface area contributed by atoms with Gasteiger partial charge in [0.2, 0.25) is 5.95 Å². The maximum Gasteiger partial charge on any atom is 0.271 e. The number of carbonyl (C=O) groups is 1. The highest BCUT2D eigenvalue weighted by molar-refractivity contribution is 6.30. The fourth-order valence-corrected chi connectivity index (χ4v) is 5.46. The van der Waals surface area contributed by atoms with Gasteiger partial charge in [0, 0.05) is 53.9 Å². The number of aromatic nitrogens is 3. The molecule has 1 saturated carbocycles. The molecule has 6 rings (SSSR count). The van der Waals surface area contributed by atoms with E-state index in [9.17, 15) is 9.90 Å². The molecule has 4 atom stereocenters. The fraction of sp³-hybridized carbons (Fsp3) is 0.400. The third kappa shape index (κ3) is 3.85. The van der Waals surface area contributed by atoms with Crippen molar-refractivity contribution in [1.29, 1.82) is 0 Å². The summed E-state index contributed by atoms with van der Waals surface area (Å²) >= 11 is 6.17. The van der Waals surface area contributed by atoms with Crippen LogP contribution in [0.5, 0.6) is 0 Å². The number of rotatable bonds is 6. The average Bonchev–Trinajstić information content (AvgIpc) is 3.18. The molecule has 2 aromatic heterocycles. The molecular formula is C25H26ClN5O3. The molecule has 2 aliphatic heterocycles. The number of hydrogen-bond acceptors (Lipinski definition) is 6. The van der Waals surface area contributed by atoms with Gasteiger partial charge in [0.25, 0.3) is 5.91 Å². The predicted octanol–water partition coefficient (Wildman–Crippen LogP) is 3.23. The van der Waals surface area contributed by atoms with E-state index in [0.717, 1.165) is 36.5 Å². The number of halogens is 1. The Kier molecular flexibility index (Phi) is 5.51. The number of aliphatic hydroxyl groups is 1. The summed E-state index contributed by atoms with van der Waals surface area (Å²) in [4.78, 5) is 24.4. The summed E-state index contributed by atoms with van der Waals surface area (Å²) in [5, 5.41) is 14.2. The van der Waals surface area contributed by atoms with Crippen LogP contribution in [-0.4, -0.2) is 62.9 Å². The Morgan fingerprint density at radius 1 is 1.21 bits per heavy atom. The molecule has 2 fully saturated rings. The van der Waals surface area contributed by atoms with Crippen LogP contribution in [0.1, 0.15) is 28.5 Å². The number of nitrogens with one attached hydrogen (secondary N) is 1. The molecule has 1 aliphatic carbocycles. The molecule has 176 valence electrons. The van der Waals surface area contributed by atoms with Gasteiger partial charge < -0.3 is 24.6 Å². The van der Waals surface area contributed by atoms with Crippen molar-refractivity contribution in [1.82, 2.24) is 19.4 Å². The topological polar surface area (TPSA) is 92.5 Å². The number of nitrogens with zero attached hydrogens (tertiary/aromatic N) is 4. The van der Waals surface area contributed by atoms with Crippen molar-refractivity contribution in [2.24, 2.45) is 11.8 Å². The van der Waals surface area contributed by atoms with Gasteiger partial charge in [0.1, 0.15) is 5.69 Å². The SMILES string of the molecule is O=C1c2cc(-c3ccnc(NC4[C@H]5COC[C@@H]45)n3)cn2CCCN1[C@H](CO)c1cccc(Cl)c1. The second kappa shape index (κ2) is 8.69. The highest BCUT2D eigenvalue weighted by atomic mass is 35.5. The maximum absolute atomic E-state index is 13.6. The molecule has 1 amide bonds. The normalized spacial score (nSPS) is 24.4. The van der Waals surface area contributed by atoms with Gasteiger partial charge >= 0.3 is 0 Å². The molecule has 3 aliphatic rings. The first-order valence-electron chi connectivity index (χ1n) is 11.7. The number of aliphatic hydroxyl groups excluding tert-OH is 1. The average molecular weight is 480 g/mol. The summed E-state index contributed by atoms with van der Waals surface area (Å²) in [5.74, 6) is 1.61. The third-order valence-corrected chi connectivity index (χ3v) is 7.39. The zero-order valence-corrected chi connectivity index (χ0v) is 19.4. The molecule has 1 saturated heterocycles. The Morgan fingerprint density at radius 3 is 2.85 bits per heavy atom. The first-order chi connectivity index (χ1) is 16.6. The highest BCUT2D eigenvalue weighted by Gasteiger charge is 2.54. The number of benzene rings is 1. The number of anilines is 1. The van der Waals surface area contributed by atoms with Crippen LogP contribution in [0.15, 0.2) is 48.8 Å². The lowest BCUT2D eigenvalue weighted by Crippen LogP contribution is -2.36. The highest BCUT2D eigenvalue weighted by Crippen LogP contribution is 2.45. The van der Waals surface area contributed by atoms with Gasteiger partial charge in [-0.2, -0.15) is 0 Å². The number of hydrogen-bond donors (Lipinski definition) is 2. The van der Waals surface area contributed by atoms with E-state index in [-0.39, 0.29) is 12.5 Å². The van der Waals surface area contributed by atoms with Crippen molar-refractivity contribution in [3.8, 4) is 11.3 Å². The molecule has 1 aromatic carbocycles. The van der Waals surface area contributed by atoms with E-state index in [0.29, 0.717) is 47.6 Å². The van der Waals surface area contributed by atoms with Gasteiger partial charge in [-0.05, 0) is 36.2 Å². The van der Waals surface area contributed by atoms with Gasteiger partial charge in [0.15, 0.2) is 0 Å². The molecule has 8 nitrogen and oxygen atoms in total. The maximum atomic E-state index is 13.6. The number of fused-ring (bicyclic) bond motifs is 2. The molecule has 1 unspecified atom stereocenters. The van der Waals surface area contributed by atoms with E-state index >= 15 is 0 Å². The van der Waals surface area contributed by atoms with Crippen LogP contribution in [0, 0.1) is 11.8 Å². The van der Waals surface area contributed by atoms with Crippen molar-refractivity contribution < 1.29 is 14.6 Å². The van der Waals surface area contributed by atoms with E-state index in [4.69, 9.17) is 21.3 Å². The largest absolute Gasteiger partial charge is 0.394 e. The lowest BCUT2D eigenvalue weighted by molar-refractivity contribution is 0.0595. The van der Waals surface area contributed by atoms with Crippen molar-refractivity contribution in [2.45, 2.75) is 25.0 Å². The Labute approximate surface area is 202 Å². The number of amides is 1. The minimum atomic E-state index is -0.451. The van der Waals surface area contributed by atoms with E-state index in [1.54, 1.807) is 23.2 Å². The molecular weight excluding hydrogens is 454 g/mol. The van der Waals surface area contributed by atoms with Crippen LogP contribution >= 0.6 is 11.6 Å². The van der Waals surface area contributed by atoms with Gasteiger partial charge in [-0.15, -0.1) is 0 Å². The van der Waals surface area contributed by atoms with Crippen molar-refractivity contribution in [3.05, 3.63) is 65.1 Å². The quantitative estimate of drug-likeness (QED) is 0.564. The van der Waals surface area contributed by atoms with Crippen molar-refractivity contribution in [3.63, 3.8) is 0 Å². The van der Waals surface area contributed by atoms with Crippen LogP contribution in [-0.2, 0) is 11.3 Å². The second-order valence-corrected chi connectivity index (χ2v) is 9.65. The molecule has 34 heavy (non-hydrogen) atoms. The molecule has 2 N–H and O–H groups in total. The zero-order chi connectivity index (χ0) is 23.2. The van der Waals surface area contributed by atoms with Crippen molar-refractivity contribution >= 4 is 23.5 Å². The van der Waals surface area contributed by atoms with E-state index in [1.165, 1.54) is 0 Å². The van der Waals surface area contributed by atoms with Gasteiger partial charge in [0.05, 0.1) is 31.6 Å². The van der Waals surface area contributed by atoms with Crippen LogP contribution in [0.3, 0.4) is 0 Å². The third-order valence-electron chi connectivity index (χ3n) is 7.16. The monoisotopic (exact) mass is 479 g/mol. The molecule has 3 aromatic rings. The summed E-state index contributed by atoms with van der Waals surface area (Å²) < 4.78 is 7.45. The standard InChI is InChI=1S/C25H26ClN5O3/c26-17-4-1-3-15(9-17)22(12-32)31-8-2-7-30-11-16(10-21(30)24(31)33)20-5-6-27-25(28-20)29-23-18-13-34-14-19(18)23/h1,3-6,9-11,18-19,22-23,32H,2,7-8,12-14H2,(H,27,28,29)/t18-,19+,22-,23?/m1/s1. The lowest BCUT2D eigenvalue weighted by atomic mass is 10.1. The van der Waals surface area contributed by atoms with Crippen LogP contribution < -0.4 is 5.32 Å². The predicted molar refractivity (Wildman–Crippen MR) is 128 cm³/mol.